The molecule has 0 aliphatic heterocycles. The van der Waals surface area contributed by atoms with Crippen molar-refractivity contribution in [1.82, 2.24) is 0 Å². The normalized spacial score (nSPS) is 24.3. The van der Waals surface area contributed by atoms with Gasteiger partial charge in [0, 0.05) is 5.92 Å². The predicted octanol–water partition coefficient (Wildman–Crippen LogP) is 3.62. The summed E-state index contributed by atoms with van der Waals surface area (Å²) < 4.78 is 5.94. The fourth-order valence-corrected chi connectivity index (χ4v) is 2.52. The third-order valence-corrected chi connectivity index (χ3v) is 8.76. The van der Waals surface area contributed by atoms with Crippen LogP contribution >= 0.6 is 0 Å². The van der Waals surface area contributed by atoms with Gasteiger partial charge in [0.1, 0.15) is 0 Å². The quantitative estimate of drug-likeness (QED) is 0.704. The van der Waals surface area contributed by atoms with Gasteiger partial charge < -0.3 is 4.43 Å². The highest BCUT2D eigenvalue weighted by molar-refractivity contribution is 6.74. The van der Waals surface area contributed by atoms with Gasteiger partial charge in [-0.15, -0.1) is 0 Å². The molecular formula is C13H26O2Si. The molecule has 0 radical (unpaired) electrons. The van der Waals surface area contributed by atoms with Gasteiger partial charge in [-0.2, -0.15) is 0 Å². The van der Waals surface area contributed by atoms with Crippen LogP contribution < -0.4 is 0 Å². The summed E-state index contributed by atoms with van der Waals surface area (Å²) in [6, 6.07) is 0. The minimum atomic E-state index is -1.75. The Bertz CT molecular complexity index is 287. The Hall–Kier alpha value is -0.153. The van der Waals surface area contributed by atoms with Crippen LogP contribution in [0.4, 0.5) is 0 Å². The average molecular weight is 242 g/mol. The first kappa shape index (κ1) is 13.9. The molecule has 0 amide bonds. The largest absolute Gasteiger partial charge is 0.410 e. The van der Waals surface area contributed by atoms with Gasteiger partial charge in [-0.3, -0.25) is 4.79 Å². The van der Waals surface area contributed by atoms with Gasteiger partial charge in [0.15, 0.2) is 14.1 Å². The first-order valence-electron chi connectivity index (χ1n) is 6.14. The lowest BCUT2D eigenvalue weighted by atomic mass is 10.1. The van der Waals surface area contributed by atoms with Gasteiger partial charge in [-0.05, 0) is 30.0 Å². The second kappa shape index (κ2) is 3.95. The molecule has 0 spiro atoms. The average Bonchev–Trinajstić information content (AvgIpc) is 2.69. The van der Waals surface area contributed by atoms with Crippen molar-refractivity contribution in [2.24, 2.45) is 11.3 Å². The zero-order chi connectivity index (χ0) is 12.8. The molecule has 1 atom stereocenters. The van der Waals surface area contributed by atoms with E-state index in [-0.39, 0.29) is 16.4 Å². The maximum Gasteiger partial charge on any atom is 0.192 e. The van der Waals surface area contributed by atoms with Crippen LogP contribution in [0.3, 0.4) is 0 Å². The summed E-state index contributed by atoms with van der Waals surface area (Å²) in [6.45, 7) is 15.6. The lowest BCUT2D eigenvalue weighted by molar-refractivity contribution is -0.123. The van der Waals surface area contributed by atoms with E-state index in [1.54, 1.807) is 0 Å². The Morgan fingerprint density at radius 3 is 2.12 bits per heavy atom. The zero-order valence-electron chi connectivity index (χ0n) is 11.8. The molecular weight excluding hydrogens is 216 g/mol. The third kappa shape index (κ3) is 2.95. The summed E-state index contributed by atoms with van der Waals surface area (Å²) in [5, 5.41) is 0.187. The summed E-state index contributed by atoms with van der Waals surface area (Å²) in [5.41, 5.74) is 0.230. The van der Waals surface area contributed by atoms with Crippen LogP contribution in [-0.4, -0.2) is 20.7 Å². The van der Waals surface area contributed by atoms with Crippen molar-refractivity contribution in [2.75, 3.05) is 6.61 Å². The van der Waals surface area contributed by atoms with E-state index in [4.69, 9.17) is 4.43 Å². The SMILES string of the molecule is CC1(C)C[C@H]1C(=O)CO[Si](C)(C)C(C)(C)C. The standard InChI is InChI=1S/C13H26O2Si/c1-12(2,3)16(6,7)15-9-11(14)10-8-13(10,4)5/h10H,8-9H2,1-7H3/t10-/m0/s1. The molecule has 0 aromatic carbocycles. The number of rotatable bonds is 4. The van der Waals surface area contributed by atoms with Crippen molar-refractivity contribution in [1.29, 1.82) is 0 Å². The van der Waals surface area contributed by atoms with Crippen molar-refractivity contribution in [2.45, 2.75) is 59.2 Å². The second-order valence-electron chi connectivity index (χ2n) is 7.26. The minimum Gasteiger partial charge on any atom is -0.410 e. The second-order valence-corrected chi connectivity index (χ2v) is 12.1. The topological polar surface area (TPSA) is 26.3 Å². The van der Waals surface area contributed by atoms with E-state index in [1.165, 1.54) is 0 Å². The first-order valence-corrected chi connectivity index (χ1v) is 9.05. The number of carbonyl (C=O) groups excluding carboxylic acids is 1. The lowest BCUT2D eigenvalue weighted by Gasteiger charge is -2.35. The zero-order valence-corrected chi connectivity index (χ0v) is 12.8. The van der Waals surface area contributed by atoms with Crippen LogP contribution in [-0.2, 0) is 9.22 Å². The van der Waals surface area contributed by atoms with Gasteiger partial charge in [0.25, 0.3) is 0 Å². The molecule has 0 unspecified atom stereocenters. The van der Waals surface area contributed by atoms with Crippen molar-refractivity contribution in [3.63, 3.8) is 0 Å². The first-order chi connectivity index (χ1) is 6.97. The highest BCUT2D eigenvalue weighted by Crippen LogP contribution is 2.52. The van der Waals surface area contributed by atoms with Crippen molar-refractivity contribution in [3.8, 4) is 0 Å². The van der Waals surface area contributed by atoms with Crippen molar-refractivity contribution >= 4 is 14.1 Å². The van der Waals surface area contributed by atoms with Crippen LogP contribution in [0.5, 0.6) is 0 Å². The van der Waals surface area contributed by atoms with E-state index >= 15 is 0 Å². The molecule has 94 valence electrons. The van der Waals surface area contributed by atoms with Gasteiger partial charge in [0.2, 0.25) is 0 Å². The Labute approximate surface area is 101 Å². The van der Waals surface area contributed by atoms with Gasteiger partial charge in [-0.1, -0.05) is 34.6 Å². The van der Waals surface area contributed by atoms with Crippen LogP contribution in [0.15, 0.2) is 0 Å². The molecule has 0 heterocycles. The van der Waals surface area contributed by atoms with Crippen LogP contribution in [0.2, 0.25) is 18.1 Å². The number of Topliss-reactive ketones (excluding diaryl/α,β-unsaturated/α-hetero) is 1. The highest BCUT2D eigenvalue weighted by Gasteiger charge is 2.50. The molecule has 1 aliphatic carbocycles. The summed E-state index contributed by atoms with van der Waals surface area (Å²) in [4.78, 5) is 11.9. The fourth-order valence-electron chi connectivity index (χ4n) is 1.59. The molecule has 0 aromatic heterocycles. The Balaban J connectivity index is 2.44. The number of hydrogen-bond donors (Lipinski definition) is 0. The van der Waals surface area contributed by atoms with E-state index in [2.05, 4.69) is 47.7 Å². The third-order valence-electron chi connectivity index (χ3n) is 4.28. The van der Waals surface area contributed by atoms with Crippen LogP contribution in [0, 0.1) is 11.3 Å². The van der Waals surface area contributed by atoms with Crippen LogP contribution in [0.1, 0.15) is 41.0 Å². The van der Waals surface area contributed by atoms with Crippen molar-refractivity contribution < 1.29 is 9.22 Å². The Morgan fingerprint density at radius 1 is 1.38 bits per heavy atom. The summed E-state index contributed by atoms with van der Waals surface area (Å²) in [6.07, 6.45) is 1.03. The molecule has 1 aliphatic rings. The molecule has 0 saturated heterocycles. The lowest BCUT2D eigenvalue weighted by Crippen LogP contribution is -2.42. The van der Waals surface area contributed by atoms with Crippen LogP contribution in [0.25, 0.3) is 0 Å². The van der Waals surface area contributed by atoms with Crippen molar-refractivity contribution in [3.05, 3.63) is 0 Å². The molecule has 0 aromatic rings. The summed E-state index contributed by atoms with van der Waals surface area (Å²) >= 11 is 0. The Morgan fingerprint density at radius 2 is 1.81 bits per heavy atom. The maximum atomic E-state index is 11.9. The molecule has 3 heteroatoms. The van der Waals surface area contributed by atoms with Gasteiger partial charge >= 0.3 is 0 Å². The fraction of sp³-hybridized carbons (Fsp3) is 0.923. The molecule has 2 nitrogen and oxygen atoms in total. The molecule has 1 rings (SSSR count). The van der Waals surface area contributed by atoms with E-state index < -0.39 is 8.32 Å². The molecule has 1 saturated carbocycles. The maximum absolute atomic E-state index is 11.9. The summed E-state index contributed by atoms with van der Waals surface area (Å²) in [7, 11) is -1.75. The monoisotopic (exact) mass is 242 g/mol. The number of ketones is 1. The van der Waals surface area contributed by atoms with E-state index in [0.29, 0.717) is 12.4 Å². The van der Waals surface area contributed by atoms with E-state index in [1.807, 2.05) is 0 Å². The highest BCUT2D eigenvalue weighted by atomic mass is 28.4. The summed E-state index contributed by atoms with van der Waals surface area (Å²) in [5.74, 6) is 0.548. The van der Waals surface area contributed by atoms with E-state index in [9.17, 15) is 4.79 Å². The minimum absolute atomic E-state index is 0.187. The predicted molar refractivity (Wildman–Crippen MR) is 70.0 cm³/mol. The molecule has 16 heavy (non-hydrogen) atoms. The molecule has 1 fully saturated rings. The van der Waals surface area contributed by atoms with E-state index in [0.717, 1.165) is 6.42 Å². The number of hydrogen-bond acceptors (Lipinski definition) is 2. The smallest absolute Gasteiger partial charge is 0.192 e. The van der Waals surface area contributed by atoms with Gasteiger partial charge in [0.05, 0.1) is 6.61 Å². The number of carbonyl (C=O) groups is 1. The molecule has 0 bridgehead atoms. The Kier molecular flexibility index (Phi) is 3.43. The van der Waals surface area contributed by atoms with Gasteiger partial charge in [-0.25, -0.2) is 0 Å². The molecule has 0 N–H and O–H groups in total.